The molecular weight excluding hydrogens is 522 g/mol. The van der Waals surface area contributed by atoms with E-state index in [4.69, 9.17) is 0 Å². The van der Waals surface area contributed by atoms with Gasteiger partial charge in [-0.05, 0) is 91.1 Å². The molecule has 40 heavy (non-hydrogen) atoms. The number of carbonyl (C=O) groups is 1. The van der Waals surface area contributed by atoms with E-state index in [0.29, 0.717) is 17.7 Å². The summed E-state index contributed by atoms with van der Waals surface area (Å²) in [5, 5.41) is 26.3. The molecular formula is C32H51N3O4S. The monoisotopic (exact) mass is 573 g/mol. The molecule has 4 N–H and O–H groups in total. The first-order valence-corrected chi connectivity index (χ1v) is 15.2. The summed E-state index contributed by atoms with van der Waals surface area (Å²) in [6.45, 7) is 19.3. The Hall–Kier alpha value is -2.36. The molecule has 0 saturated carbocycles. The van der Waals surface area contributed by atoms with Crippen LogP contribution in [-0.4, -0.2) is 62.5 Å². The van der Waals surface area contributed by atoms with E-state index in [9.17, 15) is 19.2 Å². The molecule has 0 aromatic heterocycles. The van der Waals surface area contributed by atoms with Gasteiger partial charge in [0, 0.05) is 24.0 Å². The van der Waals surface area contributed by atoms with E-state index in [1.807, 2.05) is 57.2 Å². The number of benzene rings is 1. The van der Waals surface area contributed by atoms with Crippen molar-refractivity contribution in [3.05, 3.63) is 78.4 Å². The smallest absolute Gasteiger partial charge is 0.238 e. The van der Waals surface area contributed by atoms with Crippen molar-refractivity contribution < 1.29 is 19.2 Å². The molecule has 0 radical (unpaired) electrons. The summed E-state index contributed by atoms with van der Waals surface area (Å²) < 4.78 is 15.3. The van der Waals surface area contributed by atoms with Crippen molar-refractivity contribution in [2.75, 3.05) is 13.7 Å². The number of likely N-dealkylation sites (N-methyl/N-ethyl adjacent to an activating group) is 1. The Bertz CT molecular complexity index is 1030. The van der Waals surface area contributed by atoms with Crippen LogP contribution in [0.1, 0.15) is 72.5 Å². The van der Waals surface area contributed by atoms with Gasteiger partial charge in [0.15, 0.2) is 0 Å². The van der Waals surface area contributed by atoms with Crippen molar-refractivity contribution in [3.8, 4) is 0 Å². The topological polar surface area (TPSA) is 102 Å². The fourth-order valence-electron chi connectivity index (χ4n) is 4.92. The van der Waals surface area contributed by atoms with Crippen LogP contribution in [0.5, 0.6) is 0 Å². The zero-order chi connectivity index (χ0) is 30.4. The Morgan fingerprint density at radius 2 is 1.77 bits per heavy atom. The molecule has 0 aliphatic heterocycles. The number of aliphatic hydroxyl groups excluding tert-OH is 2. The van der Waals surface area contributed by atoms with E-state index in [1.165, 1.54) is 0 Å². The molecule has 224 valence electrons. The van der Waals surface area contributed by atoms with Crippen molar-refractivity contribution in [3.63, 3.8) is 0 Å². The fourth-order valence-corrected chi connectivity index (χ4v) is 6.36. The second-order valence-corrected chi connectivity index (χ2v) is 12.0. The molecule has 0 bridgehead atoms. The summed E-state index contributed by atoms with van der Waals surface area (Å²) in [4.78, 5) is 13.9. The predicted molar refractivity (Wildman–Crippen MR) is 167 cm³/mol. The number of carbonyl (C=O) groups excluding carboxylic acids is 1. The number of allylic oxidation sites excluding steroid dienone is 4. The Labute approximate surface area is 244 Å². The van der Waals surface area contributed by atoms with Crippen molar-refractivity contribution in [1.29, 1.82) is 0 Å². The van der Waals surface area contributed by atoms with Gasteiger partial charge in [-0.15, -0.1) is 0 Å². The third-order valence-corrected chi connectivity index (χ3v) is 8.75. The second kappa shape index (κ2) is 18.1. The standard InChI is InChI=1S/C32H51N3O4S/c1-10-13-23(5)30(24(6)14-11-2)31(33-9)32(38)34-25(7)15-12-16-28(21-36)35(22(3)4)40(39)29-19-17-27(18-20-29)26(8)37/h10-11,13-14,17-20,22,25-26,28,30-31,33,36-37H,1,6,12,15-16,21H2,2-5,7-9H3,(H,34,38)/b14-11-,23-13+/t25?,26?,28?,30-,31?,40?/m0/s1. The number of nitrogens with one attached hydrogen (secondary N) is 2. The summed E-state index contributed by atoms with van der Waals surface area (Å²) in [6, 6.07) is 6.15. The number of amides is 1. The van der Waals surface area contributed by atoms with Crippen LogP contribution in [0.3, 0.4) is 0 Å². The van der Waals surface area contributed by atoms with E-state index >= 15 is 0 Å². The van der Waals surface area contributed by atoms with Crippen LogP contribution in [0.4, 0.5) is 0 Å². The summed E-state index contributed by atoms with van der Waals surface area (Å²) in [6.07, 6.45) is 8.95. The Balaban J connectivity index is 2.89. The van der Waals surface area contributed by atoms with Crippen LogP contribution >= 0.6 is 0 Å². The van der Waals surface area contributed by atoms with Crippen LogP contribution in [-0.2, 0) is 15.8 Å². The van der Waals surface area contributed by atoms with Crippen molar-refractivity contribution in [1.82, 2.24) is 14.9 Å². The van der Waals surface area contributed by atoms with Gasteiger partial charge in [-0.25, -0.2) is 8.51 Å². The van der Waals surface area contributed by atoms with Gasteiger partial charge in [0.25, 0.3) is 0 Å². The van der Waals surface area contributed by atoms with Gasteiger partial charge in [0.2, 0.25) is 5.91 Å². The van der Waals surface area contributed by atoms with Crippen molar-refractivity contribution in [2.45, 2.75) is 96.0 Å². The first kappa shape index (κ1) is 35.7. The lowest BCUT2D eigenvalue weighted by molar-refractivity contribution is -0.124. The normalized spacial score (nSPS) is 16.9. The molecule has 0 saturated heterocycles. The van der Waals surface area contributed by atoms with Crippen LogP contribution < -0.4 is 10.6 Å². The number of hydrogen-bond acceptors (Lipinski definition) is 5. The number of rotatable bonds is 18. The quantitative estimate of drug-likeness (QED) is 0.186. The number of aliphatic hydroxyl groups is 2. The molecule has 0 spiro atoms. The van der Waals surface area contributed by atoms with Gasteiger partial charge in [-0.3, -0.25) is 4.79 Å². The first-order valence-electron chi connectivity index (χ1n) is 14.1. The van der Waals surface area contributed by atoms with E-state index in [-0.39, 0.29) is 36.6 Å². The van der Waals surface area contributed by atoms with Crippen LogP contribution in [0, 0.1) is 5.92 Å². The van der Waals surface area contributed by atoms with Crippen molar-refractivity contribution >= 4 is 16.9 Å². The molecule has 1 aromatic carbocycles. The van der Waals surface area contributed by atoms with E-state index in [1.54, 1.807) is 44.3 Å². The highest BCUT2D eigenvalue weighted by Gasteiger charge is 2.31. The van der Waals surface area contributed by atoms with Crippen LogP contribution in [0.25, 0.3) is 0 Å². The Morgan fingerprint density at radius 1 is 1.15 bits per heavy atom. The van der Waals surface area contributed by atoms with Crippen molar-refractivity contribution in [2.24, 2.45) is 5.92 Å². The largest absolute Gasteiger partial charge is 0.395 e. The third-order valence-electron chi connectivity index (χ3n) is 6.98. The van der Waals surface area contributed by atoms with Gasteiger partial charge >= 0.3 is 0 Å². The van der Waals surface area contributed by atoms with Gasteiger partial charge in [0.05, 0.1) is 23.6 Å². The molecule has 8 heteroatoms. The summed E-state index contributed by atoms with van der Waals surface area (Å²) in [7, 11) is 0.310. The van der Waals surface area contributed by atoms with Gasteiger partial charge in [0.1, 0.15) is 11.0 Å². The average Bonchev–Trinajstić information content (AvgIpc) is 2.90. The zero-order valence-corrected chi connectivity index (χ0v) is 26.2. The molecule has 0 heterocycles. The SMILES string of the molecule is C=C/C=C(\C)[C@@H](C(=C)/C=C\C)C(NC)C(=O)NC(C)CCCC(CO)N(C(C)C)S(=O)c1ccc(C(C)O)cc1. The van der Waals surface area contributed by atoms with Gasteiger partial charge in [-0.1, -0.05) is 55.2 Å². The summed E-state index contributed by atoms with van der Waals surface area (Å²) in [5.74, 6) is -0.318. The molecule has 1 rings (SSSR count). The minimum absolute atomic E-state index is 0.0583. The Kier molecular flexibility index (Phi) is 16.2. The van der Waals surface area contributed by atoms with Crippen LogP contribution in [0.15, 0.2) is 77.8 Å². The molecule has 7 nitrogen and oxygen atoms in total. The minimum atomic E-state index is -1.46. The summed E-state index contributed by atoms with van der Waals surface area (Å²) in [5.41, 5.74) is 2.60. The maximum absolute atomic E-state index is 13.5. The fraction of sp³-hybridized carbons (Fsp3) is 0.531. The molecule has 0 aliphatic rings. The molecule has 0 fully saturated rings. The molecule has 1 amide bonds. The van der Waals surface area contributed by atoms with Gasteiger partial charge < -0.3 is 20.8 Å². The number of hydrogen-bond donors (Lipinski definition) is 4. The number of nitrogens with zero attached hydrogens (tertiary/aromatic N) is 1. The lowest BCUT2D eigenvalue weighted by Crippen LogP contribution is -2.50. The van der Waals surface area contributed by atoms with Crippen LogP contribution in [0.2, 0.25) is 0 Å². The minimum Gasteiger partial charge on any atom is -0.395 e. The second-order valence-electron chi connectivity index (χ2n) is 10.6. The highest BCUT2D eigenvalue weighted by atomic mass is 32.2. The van der Waals surface area contributed by atoms with E-state index < -0.39 is 23.1 Å². The Morgan fingerprint density at radius 3 is 2.25 bits per heavy atom. The maximum atomic E-state index is 13.5. The lowest BCUT2D eigenvalue weighted by Gasteiger charge is -2.33. The summed E-state index contributed by atoms with van der Waals surface area (Å²) >= 11 is 0. The zero-order valence-electron chi connectivity index (χ0n) is 25.4. The maximum Gasteiger partial charge on any atom is 0.238 e. The average molecular weight is 574 g/mol. The molecule has 0 aliphatic carbocycles. The molecule has 1 aromatic rings. The predicted octanol–water partition coefficient (Wildman–Crippen LogP) is 4.98. The first-order chi connectivity index (χ1) is 18.9. The lowest BCUT2D eigenvalue weighted by atomic mass is 9.84. The third kappa shape index (κ3) is 10.6. The van der Waals surface area contributed by atoms with E-state index in [0.717, 1.165) is 23.1 Å². The molecule has 6 atom stereocenters. The highest BCUT2D eigenvalue weighted by molar-refractivity contribution is 7.82. The molecule has 5 unspecified atom stereocenters. The van der Waals surface area contributed by atoms with Gasteiger partial charge in [-0.2, -0.15) is 0 Å². The highest BCUT2D eigenvalue weighted by Crippen LogP contribution is 2.25. The van der Waals surface area contributed by atoms with E-state index in [2.05, 4.69) is 23.8 Å².